The number of rotatable bonds is 6. The van der Waals surface area contributed by atoms with Crippen molar-refractivity contribution in [2.24, 2.45) is 0 Å². The second-order valence-electron chi connectivity index (χ2n) is 8.52. The molecule has 1 aromatic heterocycles. The van der Waals surface area contributed by atoms with Crippen LogP contribution >= 0.6 is 55.0 Å². The van der Waals surface area contributed by atoms with Gasteiger partial charge >= 0.3 is 5.97 Å². The first-order valence-electron chi connectivity index (χ1n) is 11.3. The molecule has 1 heterocycles. The molecule has 36 heavy (non-hydrogen) atoms. The highest BCUT2D eigenvalue weighted by atomic mass is 79.9. The Bertz CT molecular complexity index is 1600. The number of ether oxygens (including phenoxy) is 1. The zero-order valence-electron chi connectivity index (χ0n) is 19.8. The maximum absolute atomic E-state index is 11.4. The molecule has 0 saturated heterocycles. The number of thiophene rings is 1. The third-order valence-electron chi connectivity index (χ3n) is 6.18. The molecule has 0 bridgehead atoms. The average molecular weight is 642 g/mol. The first kappa shape index (κ1) is 25.3. The van der Waals surface area contributed by atoms with E-state index >= 15 is 0 Å². The molecule has 0 aliphatic carbocycles. The van der Waals surface area contributed by atoms with Gasteiger partial charge in [0.15, 0.2) is 6.10 Å². The Morgan fingerprint density at radius 2 is 1.58 bits per heavy atom. The van der Waals surface area contributed by atoms with Crippen LogP contribution in [0.3, 0.4) is 0 Å². The number of hydrogen-bond acceptors (Lipinski definition) is 4. The maximum Gasteiger partial charge on any atom is 0.344 e. The molecule has 5 aromatic rings. The average Bonchev–Trinajstić information content (AvgIpc) is 3.15. The number of carboxylic acids is 1. The molecule has 0 amide bonds. The first-order valence-corrected chi connectivity index (χ1v) is 14.5. The predicted octanol–water partition coefficient (Wildman–Crippen LogP) is 9.87. The van der Waals surface area contributed by atoms with E-state index in [1.807, 2.05) is 41.3 Å². The summed E-state index contributed by atoms with van der Waals surface area (Å²) in [5, 5.41) is 12.9. The van der Waals surface area contributed by atoms with Gasteiger partial charge in [-0.1, -0.05) is 54.2 Å². The summed E-state index contributed by atoms with van der Waals surface area (Å²) < 4.78 is 8.40. The highest BCUT2D eigenvalue weighted by molar-refractivity contribution is 9.11. The first-order chi connectivity index (χ1) is 17.3. The van der Waals surface area contributed by atoms with E-state index in [2.05, 4.69) is 94.2 Å². The minimum Gasteiger partial charge on any atom is -0.479 e. The zero-order valence-corrected chi connectivity index (χ0v) is 24.6. The molecule has 1 N–H and O–H groups in total. The molecule has 7 heteroatoms. The molecule has 0 aliphatic heterocycles. The van der Waals surface area contributed by atoms with Crippen molar-refractivity contribution in [1.29, 1.82) is 0 Å². The lowest BCUT2D eigenvalue weighted by Gasteiger charge is -2.18. The second kappa shape index (κ2) is 10.2. The highest BCUT2D eigenvalue weighted by Gasteiger charge is 2.23. The van der Waals surface area contributed by atoms with Gasteiger partial charge in [-0.25, -0.2) is 4.79 Å². The molecule has 0 unspecified atom stereocenters. The van der Waals surface area contributed by atoms with E-state index < -0.39 is 12.1 Å². The van der Waals surface area contributed by atoms with Crippen molar-refractivity contribution in [3.63, 3.8) is 0 Å². The van der Waals surface area contributed by atoms with Crippen LogP contribution in [-0.2, 0) is 4.79 Å². The summed E-state index contributed by atoms with van der Waals surface area (Å²) in [6.07, 6.45) is -0.966. The van der Waals surface area contributed by atoms with Crippen molar-refractivity contribution < 1.29 is 14.6 Å². The highest BCUT2D eigenvalue weighted by Crippen LogP contribution is 2.51. The lowest BCUT2D eigenvalue weighted by atomic mass is 9.93. The van der Waals surface area contributed by atoms with Crippen molar-refractivity contribution in [2.45, 2.75) is 36.7 Å². The number of carbonyl (C=O) groups is 1. The van der Waals surface area contributed by atoms with E-state index in [-0.39, 0.29) is 0 Å². The van der Waals surface area contributed by atoms with Gasteiger partial charge in [0.2, 0.25) is 0 Å². The zero-order chi connectivity index (χ0) is 25.6. The third kappa shape index (κ3) is 4.58. The largest absolute Gasteiger partial charge is 0.479 e. The Labute approximate surface area is 234 Å². The molecule has 0 fully saturated rings. The van der Waals surface area contributed by atoms with Gasteiger partial charge in [-0.05, 0) is 104 Å². The molecule has 3 nitrogen and oxygen atoms in total. The number of fused-ring (bicyclic) bond motifs is 2. The van der Waals surface area contributed by atoms with Crippen molar-refractivity contribution >= 4 is 81.8 Å². The minimum absolute atomic E-state index is 0.476. The fourth-order valence-electron chi connectivity index (χ4n) is 4.30. The Morgan fingerprint density at radius 3 is 2.22 bits per heavy atom. The number of benzene rings is 4. The van der Waals surface area contributed by atoms with Crippen LogP contribution in [0.5, 0.6) is 5.75 Å². The second-order valence-corrected chi connectivity index (χ2v) is 12.5. The normalized spacial score (nSPS) is 12.2. The van der Waals surface area contributed by atoms with Crippen LogP contribution in [0.25, 0.3) is 32.0 Å². The molecular formula is C29H22Br2O3S2. The van der Waals surface area contributed by atoms with Gasteiger partial charge in [0, 0.05) is 20.1 Å². The lowest BCUT2D eigenvalue weighted by molar-refractivity contribution is -0.144. The summed E-state index contributed by atoms with van der Waals surface area (Å²) >= 11 is 10.9. The third-order valence-corrected chi connectivity index (χ3v) is 9.84. The summed E-state index contributed by atoms with van der Waals surface area (Å²) in [5.74, 6) is -0.537. The van der Waals surface area contributed by atoms with Gasteiger partial charge < -0.3 is 9.84 Å². The minimum atomic E-state index is -1.01. The molecule has 5 rings (SSSR count). The van der Waals surface area contributed by atoms with E-state index in [4.69, 9.17) is 4.74 Å². The molecular weight excluding hydrogens is 620 g/mol. The Balaban J connectivity index is 1.79. The maximum atomic E-state index is 11.4. The van der Waals surface area contributed by atoms with Crippen molar-refractivity contribution in [3.8, 4) is 16.9 Å². The Morgan fingerprint density at radius 1 is 0.972 bits per heavy atom. The molecule has 0 aliphatic rings. The number of hydrogen-bond donors (Lipinski definition) is 1. The Hall–Kier alpha value is -2.32. The number of halogens is 2. The molecule has 0 radical (unpaired) electrons. The van der Waals surface area contributed by atoms with Crippen molar-refractivity contribution in [3.05, 3.63) is 86.1 Å². The quantitative estimate of drug-likeness (QED) is 0.200. The van der Waals surface area contributed by atoms with Crippen LogP contribution in [0.4, 0.5) is 0 Å². The predicted molar refractivity (Wildman–Crippen MR) is 158 cm³/mol. The molecule has 182 valence electrons. The van der Waals surface area contributed by atoms with E-state index in [0.29, 0.717) is 14.7 Å². The topological polar surface area (TPSA) is 46.5 Å². The van der Waals surface area contributed by atoms with E-state index in [9.17, 15) is 9.90 Å². The Kier molecular flexibility index (Phi) is 7.18. The number of aliphatic carboxylic acids is 1. The summed E-state index contributed by atoms with van der Waals surface area (Å²) in [6, 6.07) is 23.1. The SMILES string of the molecule is Cc1sc2c(Sc3ccccc3)c3ccccc3c(-c3cc(Br)c(O[C@H](C)C(=O)O)c(Br)c3)c2c1C. The van der Waals surface area contributed by atoms with Crippen LogP contribution in [-0.4, -0.2) is 17.2 Å². The van der Waals surface area contributed by atoms with E-state index in [1.165, 1.54) is 53.6 Å². The molecule has 4 aromatic carbocycles. The number of aryl methyl sites for hydroxylation is 2. The van der Waals surface area contributed by atoms with Gasteiger partial charge in [0.05, 0.1) is 13.6 Å². The van der Waals surface area contributed by atoms with Crippen LogP contribution in [0.15, 0.2) is 85.5 Å². The van der Waals surface area contributed by atoms with Gasteiger partial charge in [-0.3, -0.25) is 0 Å². The lowest BCUT2D eigenvalue weighted by Crippen LogP contribution is -2.23. The van der Waals surface area contributed by atoms with Gasteiger partial charge in [-0.2, -0.15) is 0 Å². The van der Waals surface area contributed by atoms with E-state index in [1.54, 1.807) is 0 Å². The van der Waals surface area contributed by atoms with Crippen LogP contribution in [0.2, 0.25) is 0 Å². The van der Waals surface area contributed by atoms with Gasteiger partial charge in [0.25, 0.3) is 0 Å². The van der Waals surface area contributed by atoms with Crippen LogP contribution in [0, 0.1) is 13.8 Å². The van der Waals surface area contributed by atoms with E-state index in [0.717, 1.165) is 5.56 Å². The van der Waals surface area contributed by atoms with Crippen LogP contribution in [0.1, 0.15) is 17.4 Å². The monoisotopic (exact) mass is 640 g/mol. The summed E-state index contributed by atoms with van der Waals surface area (Å²) in [4.78, 5) is 15.1. The fraction of sp³-hybridized carbons (Fsp3) is 0.138. The van der Waals surface area contributed by atoms with Gasteiger partial charge in [0.1, 0.15) is 5.75 Å². The van der Waals surface area contributed by atoms with Crippen LogP contribution < -0.4 is 4.74 Å². The molecule has 0 saturated carbocycles. The van der Waals surface area contributed by atoms with Crippen molar-refractivity contribution in [1.82, 2.24) is 0 Å². The van der Waals surface area contributed by atoms with Crippen molar-refractivity contribution in [2.75, 3.05) is 0 Å². The smallest absolute Gasteiger partial charge is 0.344 e. The van der Waals surface area contributed by atoms with Gasteiger partial charge in [-0.15, -0.1) is 11.3 Å². The summed E-state index contributed by atoms with van der Waals surface area (Å²) in [5.41, 5.74) is 3.47. The summed E-state index contributed by atoms with van der Waals surface area (Å²) in [6.45, 7) is 5.90. The fourth-order valence-corrected chi connectivity index (χ4v) is 8.05. The standard InChI is InChI=1S/C29H22Br2O3S2/c1-15-17(3)35-28-24(15)25(18-13-22(30)26(23(31)14-18)34-16(2)29(32)33)20-11-7-8-12-21(20)27(28)36-19-9-5-4-6-10-19/h4-14,16H,1-3H3,(H,32,33)/t16-/m1/s1. The molecule has 1 atom stereocenters. The summed E-state index contributed by atoms with van der Waals surface area (Å²) in [7, 11) is 0. The molecule has 0 spiro atoms. The number of carboxylic acid groups (broad SMARTS) is 1.